The van der Waals surface area contributed by atoms with E-state index in [1.165, 1.54) is 6.92 Å². The van der Waals surface area contributed by atoms with E-state index in [1.54, 1.807) is 25.1 Å². The Labute approximate surface area is 120 Å². The average Bonchev–Trinajstić information content (AvgIpc) is 2.32. The van der Waals surface area contributed by atoms with Gasteiger partial charge in [0.15, 0.2) is 0 Å². The van der Waals surface area contributed by atoms with Gasteiger partial charge in [0.2, 0.25) is 5.70 Å². The van der Waals surface area contributed by atoms with Gasteiger partial charge < -0.3 is 9.84 Å². The second kappa shape index (κ2) is 7.11. The molecule has 0 amide bonds. The third kappa shape index (κ3) is 4.22. The summed E-state index contributed by atoms with van der Waals surface area (Å²) in [4.78, 5) is 11.5. The molecular weight excluding hydrogens is 291 g/mol. The lowest BCUT2D eigenvalue weighted by atomic mass is 10.3. The molecule has 0 aromatic heterocycles. The van der Waals surface area contributed by atoms with Crippen molar-refractivity contribution in [2.45, 2.75) is 13.8 Å². The Balaban J connectivity index is 3.08. The first-order valence-corrected chi connectivity index (χ1v) is 6.15. The summed E-state index contributed by atoms with van der Waals surface area (Å²) in [5, 5.41) is 17.4. The van der Waals surface area contributed by atoms with Gasteiger partial charge in [0, 0.05) is 0 Å². The molecule has 0 fully saturated rings. The topological polar surface area (TPSA) is 71.2 Å². The second-order valence-electron chi connectivity index (χ2n) is 3.42. The van der Waals surface area contributed by atoms with E-state index in [0.29, 0.717) is 0 Å². The van der Waals surface area contributed by atoms with Crippen LogP contribution in [-0.2, 0) is 9.53 Å². The van der Waals surface area contributed by atoms with Crippen molar-refractivity contribution in [2.75, 3.05) is 6.61 Å². The maximum absolute atomic E-state index is 11.5. The number of hydrogen-bond acceptors (Lipinski definition) is 5. The number of aliphatic hydroxyl groups excluding tert-OH is 1. The molecule has 0 spiro atoms. The van der Waals surface area contributed by atoms with Crippen molar-refractivity contribution in [2.24, 2.45) is 10.2 Å². The van der Waals surface area contributed by atoms with Crippen LogP contribution in [0.15, 0.2) is 39.9 Å². The number of ether oxygens (including phenoxy) is 1. The molecule has 1 N–H and O–H groups in total. The van der Waals surface area contributed by atoms with Gasteiger partial charge in [-0.2, -0.15) is 0 Å². The number of aliphatic hydroxyl groups is 1. The van der Waals surface area contributed by atoms with E-state index >= 15 is 0 Å². The predicted octanol–water partition coefficient (Wildman–Crippen LogP) is 4.43. The molecule has 1 aromatic rings. The minimum atomic E-state index is -0.769. The van der Waals surface area contributed by atoms with Crippen LogP contribution in [0.25, 0.3) is 0 Å². The van der Waals surface area contributed by atoms with E-state index in [2.05, 4.69) is 10.2 Å². The van der Waals surface area contributed by atoms with Crippen LogP contribution in [0.5, 0.6) is 0 Å². The third-order valence-corrected chi connectivity index (χ3v) is 2.61. The average molecular weight is 303 g/mol. The van der Waals surface area contributed by atoms with Crippen molar-refractivity contribution >= 4 is 34.9 Å². The molecule has 1 aromatic carbocycles. The number of esters is 1. The van der Waals surface area contributed by atoms with E-state index in [-0.39, 0.29) is 33.8 Å². The molecule has 102 valence electrons. The highest BCUT2D eigenvalue weighted by Crippen LogP contribution is 2.33. The predicted molar refractivity (Wildman–Crippen MR) is 72.9 cm³/mol. The molecule has 0 atom stereocenters. The monoisotopic (exact) mass is 302 g/mol. The molecule has 1 rings (SSSR count). The smallest absolute Gasteiger partial charge is 0.362 e. The Hall–Kier alpha value is -1.59. The van der Waals surface area contributed by atoms with Crippen molar-refractivity contribution in [3.63, 3.8) is 0 Å². The van der Waals surface area contributed by atoms with Crippen LogP contribution >= 0.6 is 23.2 Å². The molecule has 0 radical (unpaired) electrons. The normalized spacial score (nSPS) is 12.4. The molecule has 0 saturated carbocycles. The van der Waals surface area contributed by atoms with E-state index in [1.807, 2.05) is 0 Å². The summed E-state index contributed by atoms with van der Waals surface area (Å²) in [6.45, 7) is 3.11. The van der Waals surface area contributed by atoms with Gasteiger partial charge >= 0.3 is 5.97 Å². The van der Waals surface area contributed by atoms with Crippen LogP contribution in [0.3, 0.4) is 0 Å². The van der Waals surface area contributed by atoms with Crippen LogP contribution in [-0.4, -0.2) is 17.7 Å². The summed E-state index contributed by atoms with van der Waals surface area (Å²) >= 11 is 11.8. The molecule has 19 heavy (non-hydrogen) atoms. The van der Waals surface area contributed by atoms with Crippen LogP contribution in [0.2, 0.25) is 10.0 Å². The second-order valence-corrected chi connectivity index (χ2v) is 4.24. The fourth-order valence-electron chi connectivity index (χ4n) is 1.14. The lowest BCUT2D eigenvalue weighted by Gasteiger charge is -2.03. The maximum Gasteiger partial charge on any atom is 0.362 e. The number of benzene rings is 1. The number of carbonyl (C=O) groups excluding carboxylic acids is 1. The van der Waals surface area contributed by atoms with Crippen molar-refractivity contribution in [3.8, 4) is 0 Å². The van der Waals surface area contributed by atoms with Gasteiger partial charge in [0.25, 0.3) is 0 Å². The molecular formula is C12H12Cl2N2O3. The summed E-state index contributed by atoms with van der Waals surface area (Å²) in [6.07, 6.45) is 0. The Bertz CT molecular complexity index is 518. The molecule has 0 bridgehead atoms. The standard InChI is InChI=1S/C12H12Cl2N2O3/c1-3-19-12(18)10(7(2)17)15-16-11-8(13)5-4-6-9(11)14/h4-6,17H,3H2,1-2H3. The van der Waals surface area contributed by atoms with Crippen molar-refractivity contribution in [1.29, 1.82) is 0 Å². The number of nitrogens with zero attached hydrogens (tertiary/aromatic N) is 2. The van der Waals surface area contributed by atoms with Gasteiger partial charge in [0.1, 0.15) is 11.4 Å². The quantitative estimate of drug-likeness (QED) is 0.387. The number of hydrogen-bond donors (Lipinski definition) is 1. The highest BCUT2D eigenvalue weighted by Gasteiger charge is 2.14. The SMILES string of the molecule is CCOC(=O)C(N=Nc1c(Cl)cccc1Cl)=C(C)O. The lowest BCUT2D eigenvalue weighted by Crippen LogP contribution is -2.07. The maximum atomic E-state index is 11.5. The van der Waals surface area contributed by atoms with Crippen LogP contribution < -0.4 is 0 Å². The molecule has 0 aliphatic heterocycles. The zero-order chi connectivity index (χ0) is 14.4. The largest absolute Gasteiger partial charge is 0.510 e. The Morgan fingerprint density at radius 3 is 2.42 bits per heavy atom. The third-order valence-electron chi connectivity index (χ3n) is 2.00. The highest BCUT2D eigenvalue weighted by atomic mass is 35.5. The number of rotatable bonds is 4. The minimum Gasteiger partial charge on any atom is -0.510 e. The van der Waals surface area contributed by atoms with Crippen LogP contribution in [0.4, 0.5) is 5.69 Å². The highest BCUT2D eigenvalue weighted by molar-refractivity contribution is 6.38. The van der Waals surface area contributed by atoms with Crippen molar-refractivity contribution < 1.29 is 14.6 Å². The number of azo groups is 1. The van der Waals surface area contributed by atoms with Gasteiger partial charge in [-0.15, -0.1) is 10.2 Å². The summed E-state index contributed by atoms with van der Waals surface area (Å²) in [5.74, 6) is -1.07. The van der Waals surface area contributed by atoms with Gasteiger partial charge in [-0.25, -0.2) is 4.79 Å². The molecule has 5 nitrogen and oxygen atoms in total. The number of carbonyl (C=O) groups is 1. The molecule has 0 aliphatic rings. The Kier molecular flexibility index (Phi) is 5.79. The fourth-order valence-corrected chi connectivity index (χ4v) is 1.62. The van der Waals surface area contributed by atoms with Crippen molar-refractivity contribution in [1.82, 2.24) is 0 Å². The van der Waals surface area contributed by atoms with Crippen LogP contribution in [0, 0.1) is 0 Å². The first-order valence-electron chi connectivity index (χ1n) is 5.40. The van der Waals surface area contributed by atoms with E-state index < -0.39 is 5.97 Å². The molecule has 0 saturated heterocycles. The summed E-state index contributed by atoms with van der Waals surface area (Å²) in [5.41, 5.74) is -0.0771. The summed E-state index contributed by atoms with van der Waals surface area (Å²) in [6, 6.07) is 4.83. The zero-order valence-electron chi connectivity index (χ0n) is 10.4. The van der Waals surface area contributed by atoms with Gasteiger partial charge in [-0.3, -0.25) is 0 Å². The Morgan fingerprint density at radius 1 is 1.37 bits per heavy atom. The number of halogens is 2. The summed E-state index contributed by atoms with van der Waals surface area (Å²) < 4.78 is 4.74. The number of allylic oxidation sites excluding steroid dienone is 1. The molecule has 7 heteroatoms. The van der Waals surface area contributed by atoms with Crippen molar-refractivity contribution in [3.05, 3.63) is 39.7 Å². The lowest BCUT2D eigenvalue weighted by molar-refractivity contribution is -0.138. The molecule has 0 heterocycles. The molecule has 0 unspecified atom stereocenters. The van der Waals surface area contributed by atoms with Gasteiger partial charge in [0.05, 0.1) is 16.7 Å². The fraction of sp³-hybridized carbons (Fsp3) is 0.250. The first-order chi connectivity index (χ1) is 8.97. The first kappa shape index (κ1) is 15.5. The van der Waals surface area contributed by atoms with E-state index in [4.69, 9.17) is 27.9 Å². The van der Waals surface area contributed by atoms with Crippen LogP contribution in [0.1, 0.15) is 13.8 Å². The van der Waals surface area contributed by atoms with E-state index in [9.17, 15) is 9.90 Å². The zero-order valence-corrected chi connectivity index (χ0v) is 11.9. The van der Waals surface area contributed by atoms with Gasteiger partial charge in [-0.05, 0) is 26.0 Å². The van der Waals surface area contributed by atoms with E-state index in [0.717, 1.165) is 0 Å². The summed E-state index contributed by atoms with van der Waals surface area (Å²) in [7, 11) is 0. The minimum absolute atomic E-state index is 0.165. The molecule has 0 aliphatic carbocycles. The van der Waals surface area contributed by atoms with Gasteiger partial charge in [-0.1, -0.05) is 29.3 Å². The Morgan fingerprint density at radius 2 is 1.95 bits per heavy atom.